The van der Waals surface area contributed by atoms with Crippen LogP contribution >= 0.6 is 0 Å². The van der Waals surface area contributed by atoms with Crippen molar-refractivity contribution in [2.24, 2.45) is 7.05 Å². The van der Waals surface area contributed by atoms with Crippen LogP contribution in [0, 0.1) is 0 Å². The molecular formula is C14H20N6O. The van der Waals surface area contributed by atoms with Gasteiger partial charge in [0, 0.05) is 25.9 Å². The van der Waals surface area contributed by atoms with Crippen molar-refractivity contribution >= 4 is 11.6 Å². The molecule has 2 aromatic heterocycles. The third-order valence-corrected chi connectivity index (χ3v) is 3.55. The first-order chi connectivity index (χ1) is 10.3. The number of aromatic nitrogens is 4. The number of rotatable bonds is 5. The van der Waals surface area contributed by atoms with E-state index >= 15 is 0 Å². The molecule has 0 aliphatic carbocycles. The Hall–Kier alpha value is -2.15. The number of hydrogen-bond acceptors (Lipinski definition) is 6. The predicted octanol–water partition coefficient (Wildman–Crippen LogP) is 1.41. The average molecular weight is 288 g/mol. The molecule has 112 valence electrons. The van der Waals surface area contributed by atoms with E-state index in [-0.39, 0.29) is 0 Å². The lowest BCUT2D eigenvalue weighted by molar-refractivity contribution is 0.0875. The summed E-state index contributed by atoms with van der Waals surface area (Å²) in [5.41, 5.74) is 1.10. The first-order valence-corrected chi connectivity index (χ1v) is 7.18. The molecule has 0 saturated carbocycles. The summed E-state index contributed by atoms with van der Waals surface area (Å²) in [7, 11) is 1.92. The highest BCUT2D eigenvalue weighted by atomic mass is 16.5. The zero-order chi connectivity index (χ0) is 14.5. The molecule has 0 amide bonds. The zero-order valence-corrected chi connectivity index (χ0v) is 12.1. The molecule has 3 heterocycles. The van der Waals surface area contributed by atoms with Crippen molar-refractivity contribution < 1.29 is 4.74 Å². The molecule has 2 aromatic rings. The predicted molar refractivity (Wildman–Crippen MR) is 80.0 cm³/mol. The maximum atomic E-state index is 5.46. The van der Waals surface area contributed by atoms with E-state index < -0.39 is 0 Å². The van der Waals surface area contributed by atoms with Crippen molar-refractivity contribution in [2.45, 2.75) is 25.4 Å². The number of anilines is 2. The van der Waals surface area contributed by atoms with Crippen molar-refractivity contribution in [3.05, 3.63) is 30.4 Å². The lowest BCUT2D eigenvalue weighted by Gasteiger charge is -2.23. The summed E-state index contributed by atoms with van der Waals surface area (Å²) in [6.07, 6.45) is 5.56. The van der Waals surface area contributed by atoms with Crippen molar-refractivity contribution in [3.63, 3.8) is 0 Å². The van der Waals surface area contributed by atoms with E-state index in [1.807, 2.05) is 23.9 Å². The second-order valence-electron chi connectivity index (χ2n) is 5.15. The minimum absolute atomic E-state index is 0.332. The van der Waals surface area contributed by atoms with Crippen molar-refractivity contribution in [1.29, 1.82) is 0 Å². The fourth-order valence-electron chi connectivity index (χ4n) is 2.35. The summed E-state index contributed by atoms with van der Waals surface area (Å²) in [5.74, 6) is 1.62. The topological polar surface area (TPSA) is 76.9 Å². The lowest BCUT2D eigenvalue weighted by atomic mass is 10.1. The summed E-state index contributed by atoms with van der Waals surface area (Å²) >= 11 is 0. The van der Waals surface area contributed by atoms with Crippen LogP contribution < -0.4 is 10.6 Å². The monoisotopic (exact) mass is 288 g/mol. The molecule has 1 atom stereocenters. The summed E-state index contributed by atoms with van der Waals surface area (Å²) in [5, 5.41) is 10.8. The van der Waals surface area contributed by atoms with Gasteiger partial charge in [-0.1, -0.05) is 0 Å². The highest BCUT2D eigenvalue weighted by molar-refractivity contribution is 5.47. The molecule has 7 nitrogen and oxygen atoms in total. The molecular weight excluding hydrogens is 268 g/mol. The van der Waals surface area contributed by atoms with E-state index in [2.05, 4.69) is 25.7 Å². The molecule has 3 rings (SSSR count). The smallest absolute Gasteiger partial charge is 0.131 e. The largest absolute Gasteiger partial charge is 0.379 e. The highest BCUT2D eigenvalue weighted by Gasteiger charge is 2.14. The number of hydrogen-bond donors (Lipinski definition) is 2. The van der Waals surface area contributed by atoms with E-state index in [1.165, 1.54) is 0 Å². The standard InChI is InChI=1S/C14H20N6O/c1-20-12(4-5-18-20)8-15-13-7-14(17-10-16-13)19-11-3-2-6-21-9-11/h4-5,7,10-11H,2-3,6,8-9H2,1H3,(H2,15,16,17,19)/t11-/m1/s1. The average Bonchev–Trinajstić information content (AvgIpc) is 2.92. The fraction of sp³-hybridized carbons (Fsp3) is 0.500. The highest BCUT2D eigenvalue weighted by Crippen LogP contribution is 2.15. The van der Waals surface area contributed by atoms with E-state index in [9.17, 15) is 0 Å². The van der Waals surface area contributed by atoms with Gasteiger partial charge in [-0.25, -0.2) is 9.97 Å². The zero-order valence-electron chi connectivity index (χ0n) is 12.1. The van der Waals surface area contributed by atoms with E-state index in [4.69, 9.17) is 4.74 Å². The van der Waals surface area contributed by atoms with Gasteiger partial charge in [0.2, 0.25) is 0 Å². The minimum Gasteiger partial charge on any atom is -0.379 e. The van der Waals surface area contributed by atoms with Gasteiger partial charge >= 0.3 is 0 Å². The molecule has 2 N–H and O–H groups in total. The van der Waals surface area contributed by atoms with Crippen molar-refractivity contribution in [3.8, 4) is 0 Å². The van der Waals surface area contributed by atoms with Crippen LogP contribution in [0.15, 0.2) is 24.7 Å². The van der Waals surface area contributed by atoms with Crippen LogP contribution in [0.4, 0.5) is 11.6 Å². The van der Waals surface area contributed by atoms with E-state index in [1.54, 1.807) is 12.5 Å². The van der Waals surface area contributed by atoms with Gasteiger partial charge in [-0.15, -0.1) is 0 Å². The van der Waals surface area contributed by atoms with Gasteiger partial charge in [-0.05, 0) is 18.9 Å². The third-order valence-electron chi connectivity index (χ3n) is 3.55. The maximum absolute atomic E-state index is 5.46. The molecule has 0 spiro atoms. The second kappa shape index (κ2) is 6.53. The maximum Gasteiger partial charge on any atom is 0.131 e. The van der Waals surface area contributed by atoms with Crippen LogP contribution in [-0.2, 0) is 18.3 Å². The molecule has 1 saturated heterocycles. The molecule has 7 heteroatoms. The molecule has 21 heavy (non-hydrogen) atoms. The molecule has 0 unspecified atom stereocenters. The van der Waals surface area contributed by atoms with Gasteiger partial charge in [-0.3, -0.25) is 4.68 Å². The molecule has 1 fully saturated rings. The summed E-state index contributed by atoms with van der Waals surface area (Å²) < 4.78 is 7.30. The van der Waals surface area contributed by atoms with Gasteiger partial charge in [0.1, 0.15) is 18.0 Å². The van der Waals surface area contributed by atoms with Gasteiger partial charge in [0.15, 0.2) is 0 Å². The van der Waals surface area contributed by atoms with Crippen LogP contribution in [-0.4, -0.2) is 39.0 Å². The van der Waals surface area contributed by atoms with Gasteiger partial charge < -0.3 is 15.4 Å². The quantitative estimate of drug-likeness (QED) is 0.866. The number of nitrogens with one attached hydrogen (secondary N) is 2. The summed E-state index contributed by atoms with van der Waals surface area (Å²) in [6, 6.07) is 4.23. The summed E-state index contributed by atoms with van der Waals surface area (Å²) in [4.78, 5) is 8.50. The number of aryl methyl sites for hydroxylation is 1. The first kappa shape index (κ1) is 13.8. The summed E-state index contributed by atoms with van der Waals surface area (Å²) in [6.45, 7) is 2.28. The Kier molecular flexibility index (Phi) is 4.30. The van der Waals surface area contributed by atoms with Crippen LogP contribution in [0.5, 0.6) is 0 Å². The Morgan fingerprint density at radius 3 is 3.05 bits per heavy atom. The molecule has 0 radical (unpaired) electrons. The first-order valence-electron chi connectivity index (χ1n) is 7.18. The molecule has 1 aliphatic rings. The number of nitrogens with zero attached hydrogens (tertiary/aromatic N) is 4. The van der Waals surface area contributed by atoms with Crippen LogP contribution in [0.2, 0.25) is 0 Å². The fourth-order valence-corrected chi connectivity index (χ4v) is 2.35. The Labute approximate surface area is 123 Å². The van der Waals surface area contributed by atoms with Gasteiger partial charge in [-0.2, -0.15) is 5.10 Å². The minimum atomic E-state index is 0.332. The van der Waals surface area contributed by atoms with Crippen LogP contribution in [0.3, 0.4) is 0 Å². The number of ether oxygens (including phenoxy) is 1. The molecule has 0 bridgehead atoms. The van der Waals surface area contributed by atoms with Crippen molar-refractivity contribution in [2.75, 3.05) is 23.8 Å². The third kappa shape index (κ3) is 3.69. The van der Waals surface area contributed by atoms with Gasteiger partial charge in [0.25, 0.3) is 0 Å². The van der Waals surface area contributed by atoms with E-state index in [0.29, 0.717) is 12.6 Å². The Balaban J connectivity index is 1.58. The normalized spacial score (nSPS) is 18.4. The van der Waals surface area contributed by atoms with Gasteiger partial charge in [0.05, 0.1) is 24.9 Å². The Morgan fingerprint density at radius 2 is 2.29 bits per heavy atom. The van der Waals surface area contributed by atoms with Crippen LogP contribution in [0.25, 0.3) is 0 Å². The Morgan fingerprint density at radius 1 is 1.38 bits per heavy atom. The second-order valence-corrected chi connectivity index (χ2v) is 5.15. The van der Waals surface area contributed by atoms with E-state index in [0.717, 1.165) is 43.4 Å². The molecule has 1 aliphatic heterocycles. The molecule has 0 aromatic carbocycles. The van der Waals surface area contributed by atoms with Crippen LogP contribution in [0.1, 0.15) is 18.5 Å². The SMILES string of the molecule is Cn1nccc1CNc1cc(N[C@@H]2CCCOC2)ncn1. The lowest BCUT2D eigenvalue weighted by Crippen LogP contribution is -2.30. The Bertz CT molecular complexity index is 578. The van der Waals surface area contributed by atoms with Crippen molar-refractivity contribution in [1.82, 2.24) is 19.7 Å².